The molecular weight excluding hydrogens is 262 g/mol. The highest BCUT2D eigenvalue weighted by atomic mass is 32.2. The SMILES string of the molecule is CCCN(CCN)S(=O)(=O)c1cc(F)ccc1F. The Bertz CT molecular complexity index is 500. The van der Waals surface area contributed by atoms with Crippen LogP contribution < -0.4 is 5.73 Å². The van der Waals surface area contributed by atoms with Crippen LogP contribution in [0, 0.1) is 11.6 Å². The zero-order valence-electron chi connectivity index (χ0n) is 10.1. The molecule has 7 heteroatoms. The van der Waals surface area contributed by atoms with Gasteiger partial charge in [-0.1, -0.05) is 6.92 Å². The fraction of sp³-hybridized carbons (Fsp3) is 0.455. The second kappa shape index (κ2) is 6.21. The highest BCUT2D eigenvalue weighted by Gasteiger charge is 2.26. The standard InChI is InChI=1S/C11H16F2N2O2S/c1-2-6-15(7-5-14)18(16,17)11-8-9(12)3-4-10(11)13/h3-4,8H,2,5-7,14H2,1H3. The minimum atomic E-state index is -4.04. The lowest BCUT2D eigenvalue weighted by molar-refractivity contribution is 0.413. The molecule has 0 aromatic heterocycles. The van der Waals surface area contributed by atoms with Crippen molar-refractivity contribution in [1.82, 2.24) is 4.31 Å². The predicted molar refractivity (Wildman–Crippen MR) is 64.5 cm³/mol. The minimum absolute atomic E-state index is 0.0755. The molecule has 2 N–H and O–H groups in total. The van der Waals surface area contributed by atoms with Crippen molar-refractivity contribution in [3.63, 3.8) is 0 Å². The Labute approximate surface area is 105 Å². The van der Waals surface area contributed by atoms with E-state index in [2.05, 4.69) is 0 Å². The van der Waals surface area contributed by atoms with Gasteiger partial charge in [0.25, 0.3) is 0 Å². The van der Waals surface area contributed by atoms with Gasteiger partial charge in [-0.2, -0.15) is 4.31 Å². The van der Waals surface area contributed by atoms with Gasteiger partial charge in [-0.3, -0.25) is 0 Å². The van der Waals surface area contributed by atoms with Gasteiger partial charge in [-0.15, -0.1) is 0 Å². The third-order valence-electron chi connectivity index (χ3n) is 2.36. The molecule has 0 spiro atoms. The largest absolute Gasteiger partial charge is 0.329 e. The third-order valence-corrected chi connectivity index (χ3v) is 4.28. The lowest BCUT2D eigenvalue weighted by Gasteiger charge is -2.21. The van der Waals surface area contributed by atoms with Crippen molar-refractivity contribution < 1.29 is 17.2 Å². The van der Waals surface area contributed by atoms with Crippen molar-refractivity contribution in [1.29, 1.82) is 0 Å². The van der Waals surface area contributed by atoms with E-state index in [-0.39, 0.29) is 19.6 Å². The van der Waals surface area contributed by atoms with Crippen molar-refractivity contribution in [2.75, 3.05) is 19.6 Å². The molecule has 0 bridgehead atoms. The number of benzene rings is 1. The van der Waals surface area contributed by atoms with Gasteiger partial charge >= 0.3 is 0 Å². The highest BCUT2D eigenvalue weighted by molar-refractivity contribution is 7.89. The van der Waals surface area contributed by atoms with Crippen LogP contribution in [-0.2, 0) is 10.0 Å². The van der Waals surface area contributed by atoms with Gasteiger partial charge < -0.3 is 5.73 Å². The molecule has 102 valence electrons. The van der Waals surface area contributed by atoms with Crippen LogP contribution in [0.3, 0.4) is 0 Å². The van der Waals surface area contributed by atoms with E-state index in [1.54, 1.807) is 6.92 Å². The van der Waals surface area contributed by atoms with Gasteiger partial charge in [0.15, 0.2) is 0 Å². The molecule has 0 amide bonds. The fourth-order valence-electron chi connectivity index (χ4n) is 1.56. The Balaban J connectivity index is 3.21. The van der Waals surface area contributed by atoms with Crippen LogP contribution in [0.4, 0.5) is 8.78 Å². The van der Waals surface area contributed by atoms with Gasteiger partial charge in [0.2, 0.25) is 10.0 Å². The average molecular weight is 278 g/mol. The van der Waals surface area contributed by atoms with Crippen LogP contribution >= 0.6 is 0 Å². The molecule has 4 nitrogen and oxygen atoms in total. The van der Waals surface area contributed by atoms with E-state index < -0.39 is 26.6 Å². The summed E-state index contributed by atoms with van der Waals surface area (Å²) < 4.78 is 51.9. The van der Waals surface area contributed by atoms with Gasteiger partial charge in [-0.05, 0) is 24.6 Å². The number of nitrogens with zero attached hydrogens (tertiary/aromatic N) is 1. The Morgan fingerprint density at radius 1 is 1.28 bits per heavy atom. The predicted octanol–water partition coefficient (Wildman–Crippen LogP) is 1.32. The van der Waals surface area contributed by atoms with Gasteiger partial charge in [0.1, 0.15) is 16.5 Å². The molecule has 0 atom stereocenters. The first-order valence-corrected chi connectivity index (χ1v) is 7.02. The number of halogens is 2. The summed E-state index contributed by atoms with van der Waals surface area (Å²) in [5, 5.41) is 0. The maximum Gasteiger partial charge on any atom is 0.246 e. The quantitative estimate of drug-likeness (QED) is 0.853. The van der Waals surface area contributed by atoms with Crippen molar-refractivity contribution in [3.8, 4) is 0 Å². The number of sulfonamides is 1. The third kappa shape index (κ3) is 3.24. The second-order valence-corrected chi connectivity index (χ2v) is 5.67. The number of hydrogen-bond donors (Lipinski definition) is 1. The summed E-state index contributed by atoms with van der Waals surface area (Å²) in [5.74, 6) is -1.76. The molecule has 0 saturated carbocycles. The Kier molecular flexibility index (Phi) is 5.18. The molecule has 0 fully saturated rings. The van der Waals surface area contributed by atoms with E-state index in [4.69, 9.17) is 5.73 Å². The van der Waals surface area contributed by atoms with E-state index in [1.165, 1.54) is 0 Å². The summed E-state index contributed by atoms with van der Waals surface area (Å²) in [6, 6.07) is 2.36. The van der Waals surface area contributed by atoms with Gasteiger partial charge in [-0.25, -0.2) is 17.2 Å². The molecule has 0 heterocycles. The lowest BCUT2D eigenvalue weighted by atomic mass is 10.3. The van der Waals surface area contributed by atoms with Crippen LogP contribution in [-0.4, -0.2) is 32.4 Å². The number of hydrogen-bond acceptors (Lipinski definition) is 3. The number of rotatable bonds is 6. The number of nitrogens with two attached hydrogens (primary N) is 1. The van der Waals surface area contributed by atoms with Crippen molar-refractivity contribution in [2.24, 2.45) is 5.73 Å². The Morgan fingerprint density at radius 3 is 2.50 bits per heavy atom. The summed E-state index contributed by atoms with van der Waals surface area (Å²) in [7, 11) is -4.04. The zero-order chi connectivity index (χ0) is 13.8. The molecule has 0 radical (unpaired) electrons. The first-order chi connectivity index (χ1) is 8.43. The first-order valence-electron chi connectivity index (χ1n) is 5.58. The van der Waals surface area contributed by atoms with E-state index in [0.717, 1.165) is 16.4 Å². The molecule has 0 aliphatic carbocycles. The summed E-state index contributed by atoms with van der Waals surface area (Å²) in [6.07, 6.45) is 0.566. The summed E-state index contributed by atoms with van der Waals surface area (Å²) in [5.41, 5.74) is 5.33. The topological polar surface area (TPSA) is 63.4 Å². The molecule has 18 heavy (non-hydrogen) atoms. The average Bonchev–Trinajstić information content (AvgIpc) is 2.32. The molecule has 0 aliphatic rings. The van der Waals surface area contributed by atoms with Crippen LogP contribution in [0.1, 0.15) is 13.3 Å². The zero-order valence-corrected chi connectivity index (χ0v) is 10.9. The van der Waals surface area contributed by atoms with E-state index in [0.29, 0.717) is 12.5 Å². The minimum Gasteiger partial charge on any atom is -0.329 e. The second-order valence-electron chi connectivity index (χ2n) is 3.77. The molecule has 1 aromatic carbocycles. The molecule has 1 aromatic rings. The van der Waals surface area contributed by atoms with E-state index in [9.17, 15) is 17.2 Å². The Hall–Kier alpha value is -1.05. The maximum atomic E-state index is 13.5. The normalized spacial score (nSPS) is 12.1. The van der Waals surface area contributed by atoms with E-state index >= 15 is 0 Å². The molecule has 0 unspecified atom stereocenters. The van der Waals surface area contributed by atoms with E-state index in [1.807, 2.05) is 0 Å². The van der Waals surface area contributed by atoms with Crippen LogP contribution in [0.15, 0.2) is 23.1 Å². The molecular formula is C11H16F2N2O2S. The van der Waals surface area contributed by atoms with Crippen LogP contribution in [0.2, 0.25) is 0 Å². The summed E-state index contributed by atoms with van der Waals surface area (Å²) >= 11 is 0. The van der Waals surface area contributed by atoms with Crippen LogP contribution in [0.5, 0.6) is 0 Å². The first kappa shape index (κ1) is 15.0. The molecule has 1 rings (SSSR count). The highest BCUT2D eigenvalue weighted by Crippen LogP contribution is 2.20. The molecule has 0 saturated heterocycles. The smallest absolute Gasteiger partial charge is 0.246 e. The van der Waals surface area contributed by atoms with Gasteiger partial charge in [0.05, 0.1) is 0 Å². The monoisotopic (exact) mass is 278 g/mol. The van der Waals surface area contributed by atoms with Gasteiger partial charge in [0, 0.05) is 19.6 Å². The maximum absolute atomic E-state index is 13.5. The van der Waals surface area contributed by atoms with Crippen molar-refractivity contribution in [3.05, 3.63) is 29.8 Å². The fourth-order valence-corrected chi connectivity index (χ4v) is 3.18. The summed E-state index contributed by atoms with van der Waals surface area (Å²) in [4.78, 5) is -0.649. The lowest BCUT2D eigenvalue weighted by Crippen LogP contribution is -2.36. The van der Waals surface area contributed by atoms with Crippen LogP contribution in [0.25, 0.3) is 0 Å². The summed E-state index contributed by atoms with van der Waals surface area (Å²) in [6.45, 7) is 2.21. The van der Waals surface area contributed by atoms with Crippen molar-refractivity contribution >= 4 is 10.0 Å². The molecule has 0 aliphatic heterocycles. The van der Waals surface area contributed by atoms with Crippen molar-refractivity contribution in [2.45, 2.75) is 18.2 Å². The Morgan fingerprint density at radius 2 is 1.94 bits per heavy atom.